The SMILES string of the molecule is Fc1cccc2c1C(C1CCN(c3ccccn3)CC1)n1cncc1-2.Fc1cccc2c1C(C1CCN(c3ccccn3)CC1)n1cncc1-2.Fc1cccc2c1C(C1CCN(c3ccccn3)CC1)n1cncc1-2.Fc1cccc2c1C(C1CCNCC1)n1cncc1-2.O=C(O)C(F)(F)F.O=C(O)C(F)(F)F. The number of halogens is 10. The topological polar surface area (TPSA) is 206 Å². The summed E-state index contributed by atoms with van der Waals surface area (Å²) in [5.41, 5.74) is 11.6. The van der Waals surface area contributed by atoms with Gasteiger partial charge in [0.05, 0.1) is 97.0 Å². The molecule has 11 aromatic rings. The van der Waals surface area contributed by atoms with Gasteiger partial charge in [-0.15, -0.1) is 0 Å². The lowest BCUT2D eigenvalue weighted by molar-refractivity contribution is -0.193. The van der Waals surface area contributed by atoms with E-state index < -0.39 is 24.3 Å². The number of pyridine rings is 3. The number of carboxylic acids is 2. The summed E-state index contributed by atoms with van der Waals surface area (Å²) in [5.74, 6) is -1.08. The largest absolute Gasteiger partial charge is 0.490 e. The van der Waals surface area contributed by atoms with Crippen molar-refractivity contribution in [3.05, 3.63) is 242 Å². The van der Waals surface area contributed by atoms with E-state index in [1.807, 2.05) is 129 Å². The number of alkyl halides is 6. The Morgan fingerprint density at radius 1 is 0.352 bits per heavy atom. The minimum atomic E-state index is -5.08. The molecule has 3 N–H and O–H groups in total. The van der Waals surface area contributed by atoms with Crippen LogP contribution in [0.3, 0.4) is 0 Å². The molecule has 0 amide bonds. The first kappa shape index (κ1) is 73.7. The molecule has 4 fully saturated rings. The minimum Gasteiger partial charge on any atom is -0.475 e. The highest BCUT2D eigenvalue weighted by Crippen LogP contribution is 2.51. The van der Waals surface area contributed by atoms with Gasteiger partial charge in [0.2, 0.25) is 0 Å². The monoisotopic (exact) mass is 1490 g/mol. The summed E-state index contributed by atoms with van der Waals surface area (Å²) >= 11 is 0. The van der Waals surface area contributed by atoms with Crippen LogP contribution < -0.4 is 20.0 Å². The Labute approximate surface area is 614 Å². The third kappa shape index (κ3) is 15.1. The smallest absolute Gasteiger partial charge is 0.475 e. The summed E-state index contributed by atoms with van der Waals surface area (Å²) in [4.78, 5) is 55.3. The van der Waals surface area contributed by atoms with Crippen LogP contribution in [0.4, 0.5) is 61.4 Å². The molecule has 4 atom stereocenters. The molecule has 19 rings (SSSR count). The number of nitrogens with one attached hydrogen (secondary N) is 1. The molecule has 15 heterocycles. The van der Waals surface area contributed by atoms with Gasteiger partial charge in [0.1, 0.15) is 40.7 Å². The van der Waals surface area contributed by atoms with Crippen LogP contribution in [0.15, 0.2) is 196 Å². The number of rotatable bonds is 7. The molecule has 4 aromatic carbocycles. The van der Waals surface area contributed by atoms with Gasteiger partial charge >= 0.3 is 24.3 Å². The summed E-state index contributed by atoms with van der Waals surface area (Å²) in [6, 6.07) is 39.8. The molecule has 7 aromatic heterocycles. The number of hydrogen-bond donors (Lipinski definition) is 3. The molecule has 8 aliphatic rings. The first-order valence-electron chi connectivity index (χ1n) is 35.7. The molecule has 560 valence electrons. The molecule has 0 bridgehead atoms. The van der Waals surface area contributed by atoms with E-state index in [-0.39, 0.29) is 47.4 Å². The van der Waals surface area contributed by atoms with Gasteiger partial charge in [-0.25, -0.2) is 62.0 Å². The lowest BCUT2D eigenvalue weighted by Crippen LogP contribution is -2.37. The van der Waals surface area contributed by atoms with Crippen LogP contribution in [0, 0.1) is 46.9 Å². The van der Waals surface area contributed by atoms with E-state index in [1.54, 1.807) is 48.5 Å². The van der Waals surface area contributed by atoms with Crippen LogP contribution in [0.25, 0.3) is 45.0 Å². The number of aromatic nitrogens is 11. The molecule has 0 aliphatic carbocycles. The number of aliphatic carboxylic acids is 2. The van der Waals surface area contributed by atoms with Crippen molar-refractivity contribution in [2.45, 2.75) is 87.9 Å². The zero-order valence-electron chi connectivity index (χ0n) is 58.2. The molecule has 4 unspecified atom stereocenters. The summed E-state index contributed by atoms with van der Waals surface area (Å²) < 4.78 is 130. The molecule has 0 saturated carbocycles. The van der Waals surface area contributed by atoms with Crippen LogP contribution in [0.2, 0.25) is 0 Å². The van der Waals surface area contributed by atoms with Gasteiger partial charge in [-0.2, -0.15) is 26.3 Å². The fourth-order valence-electron chi connectivity index (χ4n) is 16.7. The molecular weight excluding hydrogens is 1410 g/mol. The number of benzene rings is 4. The third-order valence-corrected chi connectivity index (χ3v) is 21.6. The number of imidazole rings is 4. The summed E-state index contributed by atoms with van der Waals surface area (Å²) in [5, 5.41) is 17.6. The second-order valence-corrected chi connectivity index (χ2v) is 27.6. The highest BCUT2D eigenvalue weighted by atomic mass is 19.4. The Balaban J connectivity index is 0.000000114. The summed E-state index contributed by atoms with van der Waals surface area (Å²) in [6.07, 6.45) is 18.4. The van der Waals surface area contributed by atoms with Crippen molar-refractivity contribution in [2.24, 2.45) is 23.7 Å². The van der Waals surface area contributed by atoms with E-state index in [1.165, 1.54) is 0 Å². The standard InChI is InChI=1S/3C20H19FN4.C15H16FN3.2C2HF3O2/c3*21-16-5-3-4-15-17-12-22-13-25(17)20(19(15)16)14-7-10-24(11-8-14)18-6-1-2-9-23-18;16-12-3-1-2-11-13-8-18-9-19(13)15(14(11)12)10-4-6-17-7-5-10;2*3-2(4,5)1(6)7/h3*1-6,9,12-14,20H,7-8,10-11H2;1-3,8-10,15,17H,4-7H2;2*(H,6,7). The van der Waals surface area contributed by atoms with E-state index in [9.17, 15) is 43.9 Å². The van der Waals surface area contributed by atoms with E-state index in [0.29, 0.717) is 23.7 Å². The Kier molecular flexibility index (Phi) is 21.6. The molecule has 4 saturated heterocycles. The van der Waals surface area contributed by atoms with Crippen molar-refractivity contribution >= 4 is 29.4 Å². The quantitative estimate of drug-likeness (QED) is 0.127. The van der Waals surface area contributed by atoms with Crippen molar-refractivity contribution < 1.29 is 63.7 Å². The van der Waals surface area contributed by atoms with Gasteiger partial charge < -0.3 is 48.5 Å². The lowest BCUT2D eigenvalue weighted by atomic mass is 9.85. The maximum absolute atomic E-state index is 14.6. The average Bonchev–Trinajstić information content (AvgIpc) is 1.61. The first-order valence-corrected chi connectivity index (χ1v) is 35.7. The average molecular weight is 1490 g/mol. The predicted octanol–water partition coefficient (Wildman–Crippen LogP) is 15.6. The van der Waals surface area contributed by atoms with Crippen LogP contribution >= 0.6 is 0 Å². The Morgan fingerprint density at radius 2 is 0.593 bits per heavy atom. The van der Waals surface area contributed by atoms with Gasteiger partial charge in [-0.3, -0.25) is 0 Å². The van der Waals surface area contributed by atoms with E-state index in [2.05, 4.69) is 91.4 Å². The van der Waals surface area contributed by atoms with Gasteiger partial charge in [-0.05, 0) is 149 Å². The molecule has 0 radical (unpaired) electrons. The molecule has 0 spiro atoms. The molecule has 8 aliphatic heterocycles. The summed E-state index contributed by atoms with van der Waals surface area (Å²) in [7, 11) is 0. The van der Waals surface area contributed by atoms with Gasteiger partial charge in [0.15, 0.2) is 0 Å². The number of carbonyl (C=O) groups is 2. The van der Waals surface area contributed by atoms with Crippen molar-refractivity contribution in [3.63, 3.8) is 0 Å². The molecule has 29 heteroatoms. The lowest BCUT2D eigenvalue weighted by Gasteiger charge is -2.36. The highest BCUT2D eigenvalue weighted by molar-refractivity contribution is 5.74. The number of fused-ring (bicyclic) bond motifs is 12. The maximum atomic E-state index is 14.6. The van der Waals surface area contributed by atoms with E-state index >= 15 is 0 Å². The number of piperidine rings is 4. The fourth-order valence-corrected chi connectivity index (χ4v) is 16.7. The zero-order chi connectivity index (χ0) is 75.4. The minimum absolute atomic E-state index is 0.0552. The normalized spacial score (nSPS) is 19.1. The highest BCUT2D eigenvalue weighted by Gasteiger charge is 2.44. The Morgan fingerprint density at radius 3 is 0.815 bits per heavy atom. The zero-order valence-corrected chi connectivity index (χ0v) is 58.2. The number of carboxylic acid groups (broad SMARTS) is 2. The summed E-state index contributed by atoms with van der Waals surface area (Å²) in [6.45, 7) is 7.75. The number of nitrogens with zero attached hydrogens (tertiary/aromatic N) is 14. The third-order valence-electron chi connectivity index (χ3n) is 21.6. The van der Waals surface area contributed by atoms with Gasteiger partial charge in [-0.1, -0.05) is 66.7 Å². The van der Waals surface area contributed by atoms with Crippen LogP contribution in [-0.4, -0.2) is 140 Å². The van der Waals surface area contributed by atoms with Gasteiger partial charge in [0.25, 0.3) is 0 Å². The van der Waals surface area contributed by atoms with E-state index in [0.717, 1.165) is 188 Å². The first-order chi connectivity index (χ1) is 52.2. The van der Waals surface area contributed by atoms with Crippen LogP contribution in [0.5, 0.6) is 0 Å². The predicted molar refractivity (Wildman–Crippen MR) is 384 cm³/mol. The van der Waals surface area contributed by atoms with Crippen LogP contribution in [0.1, 0.15) is 97.8 Å². The second-order valence-electron chi connectivity index (χ2n) is 27.6. The molecule has 19 nitrogen and oxygen atoms in total. The Hall–Kier alpha value is -11.2. The maximum Gasteiger partial charge on any atom is 0.490 e. The molecule has 108 heavy (non-hydrogen) atoms. The molecular formula is C79H75F10N15O4. The van der Waals surface area contributed by atoms with Crippen molar-refractivity contribution in [3.8, 4) is 45.0 Å². The van der Waals surface area contributed by atoms with Crippen molar-refractivity contribution in [1.82, 2.24) is 58.5 Å². The fraction of sp³-hybridized carbons (Fsp3) is 0.329. The van der Waals surface area contributed by atoms with Gasteiger partial charge in [0, 0.05) is 102 Å². The number of anilines is 3. The van der Waals surface area contributed by atoms with E-state index in [4.69, 9.17) is 19.8 Å². The van der Waals surface area contributed by atoms with Crippen molar-refractivity contribution in [1.29, 1.82) is 0 Å². The number of hydrogen-bond acceptors (Lipinski definition) is 13. The van der Waals surface area contributed by atoms with Crippen molar-refractivity contribution in [2.75, 3.05) is 67.1 Å². The van der Waals surface area contributed by atoms with Crippen LogP contribution in [-0.2, 0) is 9.59 Å². The Bertz CT molecular complexity index is 4530. The second kappa shape index (κ2) is 31.7.